The first kappa shape index (κ1) is 24.0. The average molecular weight is 495 g/mol. The molecule has 4 rings (SSSR count). The van der Waals surface area contributed by atoms with E-state index in [9.17, 15) is 18.0 Å². The second-order valence-corrected chi connectivity index (χ2v) is 11.2. The third-order valence-electron chi connectivity index (χ3n) is 6.51. The summed E-state index contributed by atoms with van der Waals surface area (Å²) >= 11 is 0.944. The monoisotopic (exact) mass is 494 g/mol. The van der Waals surface area contributed by atoms with Crippen molar-refractivity contribution in [2.24, 2.45) is 5.92 Å². The fraction of sp³-hybridized carbons (Fsp3) is 0.636. The number of amides is 1. The van der Waals surface area contributed by atoms with Gasteiger partial charge in [-0.15, -0.1) is 0 Å². The fourth-order valence-corrected chi connectivity index (χ4v) is 7.03. The van der Waals surface area contributed by atoms with Crippen molar-refractivity contribution in [2.75, 3.05) is 13.1 Å². The van der Waals surface area contributed by atoms with Crippen molar-refractivity contribution in [3.63, 3.8) is 0 Å². The lowest BCUT2D eigenvalue weighted by molar-refractivity contribution is -0.159. The van der Waals surface area contributed by atoms with Crippen LogP contribution >= 0.6 is 11.7 Å². The molecule has 33 heavy (non-hydrogen) atoms. The number of aromatic nitrogens is 2. The summed E-state index contributed by atoms with van der Waals surface area (Å²) in [5.74, 6) is -0.577. The van der Waals surface area contributed by atoms with Crippen LogP contribution in [0.15, 0.2) is 23.1 Å². The normalized spacial score (nSPS) is 21.5. The van der Waals surface area contributed by atoms with E-state index in [4.69, 9.17) is 4.74 Å². The topological polar surface area (TPSA) is 119 Å². The van der Waals surface area contributed by atoms with E-state index in [-0.39, 0.29) is 17.3 Å². The lowest BCUT2D eigenvalue weighted by Gasteiger charge is -2.33. The molecule has 2 atom stereocenters. The van der Waals surface area contributed by atoms with Crippen molar-refractivity contribution in [3.8, 4) is 0 Å². The predicted molar refractivity (Wildman–Crippen MR) is 124 cm³/mol. The number of nitrogens with one attached hydrogen (secondary N) is 1. The van der Waals surface area contributed by atoms with E-state index in [1.165, 1.54) is 36.6 Å². The highest BCUT2D eigenvalue weighted by atomic mass is 32.2. The number of carbonyl (C=O) groups excluding carboxylic acids is 2. The van der Waals surface area contributed by atoms with E-state index in [1.807, 2.05) is 0 Å². The van der Waals surface area contributed by atoms with Crippen LogP contribution in [-0.4, -0.2) is 58.6 Å². The van der Waals surface area contributed by atoms with E-state index in [1.54, 1.807) is 12.1 Å². The fourth-order valence-electron chi connectivity index (χ4n) is 4.63. The van der Waals surface area contributed by atoms with Crippen molar-refractivity contribution in [1.29, 1.82) is 0 Å². The maximum Gasteiger partial charge on any atom is 0.325 e. The van der Waals surface area contributed by atoms with E-state index >= 15 is 0 Å². The Morgan fingerprint density at radius 1 is 1.15 bits per heavy atom. The minimum Gasteiger partial charge on any atom is -0.451 e. The van der Waals surface area contributed by atoms with Crippen LogP contribution in [0.25, 0.3) is 11.0 Å². The van der Waals surface area contributed by atoms with Gasteiger partial charge in [0.15, 0.2) is 6.10 Å². The van der Waals surface area contributed by atoms with E-state index in [0.29, 0.717) is 42.8 Å². The van der Waals surface area contributed by atoms with Crippen LogP contribution in [0.3, 0.4) is 0 Å². The van der Waals surface area contributed by atoms with Gasteiger partial charge in [-0.05, 0) is 57.1 Å². The Balaban J connectivity index is 1.43. The minimum atomic E-state index is -4.00. The van der Waals surface area contributed by atoms with Crippen molar-refractivity contribution in [1.82, 2.24) is 18.4 Å². The Kier molecular flexibility index (Phi) is 7.60. The Labute approximate surface area is 198 Å². The maximum atomic E-state index is 13.5. The first-order valence-electron chi connectivity index (χ1n) is 11.6. The van der Waals surface area contributed by atoms with Gasteiger partial charge in [0, 0.05) is 13.1 Å². The van der Waals surface area contributed by atoms with Crippen LogP contribution in [0.5, 0.6) is 0 Å². The van der Waals surface area contributed by atoms with E-state index < -0.39 is 28.1 Å². The summed E-state index contributed by atoms with van der Waals surface area (Å²) in [6, 6.07) is 3.83. The first-order valence-corrected chi connectivity index (χ1v) is 13.8. The molecular formula is C22H30N4O5S2. The Morgan fingerprint density at radius 3 is 2.70 bits per heavy atom. The van der Waals surface area contributed by atoms with Crippen LogP contribution in [-0.2, 0) is 24.3 Å². The summed E-state index contributed by atoms with van der Waals surface area (Å²) in [6.45, 7) is 2.31. The van der Waals surface area contributed by atoms with Crippen LogP contribution in [0.4, 0.5) is 0 Å². The molecule has 0 unspecified atom stereocenters. The molecule has 180 valence electrons. The molecule has 1 aliphatic heterocycles. The molecule has 1 aromatic heterocycles. The highest BCUT2D eigenvalue weighted by Crippen LogP contribution is 2.30. The third-order valence-corrected chi connectivity index (χ3v) is 9.00. The molecule has 2 fully saturated rings. The van der Waals surface area contributed by atoms with Crippen LogP contribution < -0.4 is 5.32 Å². The number of ether oxygens (including phenoxy) is 1. The van der Waals surface area contributed by atoms with Gasteiger partial charge in [0.05, 0.1) is 11.7 Å². The highest BCUT2D eigenvalue weighted by molar-refractivity contribution is 7.89. The molecule has 2 aliphatic rings. The zero-order valence-corrected chi connectivity index (χ0v) is 20.4. The number of hydrogen-bond donors (Lipinski definition) is 1. The summed E-state index contributed by atoms with van der Waals surface area (Å²) in [4.78, 5) is 25.5. The van der Waals surface area contributed by atoms with Gasteiger partial charge in [-0.2, -0.15) is 13.1 Å². The molecule has 9 nitrogen and oxygen atoms in total. The maximum absolute atomic E-state index is 13.5. The Morgan fingerprint density at radius 2 is 1.91 bits per heavy atom. The van der Waals surface area contributed by atoms with Gasteiger partial charge in [0.1, 0.15) is 22.0 Å². The Bertz CT molecular complexity index is 1100. The smallest absolute Gasteiger partial charge is 0.325 e. The van der Waals surface area contributed by atoms with Crippen molar-refractivity contribution >= 4 is 44.7 Å². The number of rotatable bonds is 7. The molecule has 1 aliphatic carbocycles. The van der Waals surface area contributed by atoms with Crippen LogP contribution in [0.2, 0.25) is 0 Å². The second kappa shape index (κ2) is 10.4. The van der Waals surface area contributed by atoms with Crippen LogP contribution in [0.1, 0.15) is 58.3 Å². The highest BCUT2D eigenvalue weighted by Gasteiger charge is 2.40. The minimum absolute atomic E-state index is 0.0340. The summed E-state index contributed by atoms with van der Waals surface area (Å²) < 4.78 is 41.9. The molecule has 0 spiro atoms. The summed E-state index contributed by atoms with van der Waals surface area (Å²) in [5, 5.41) is 2.88. The SMILES string of the molecule is C[C@H](OC(=O)[C@H]1CCCCN1S(=O)(=O)c1cccc2nsnc12)C(=O)NCC1CCCCC1. The van der Waals surface area contributed by atoms with Gasteiger partial charge in [0.2, 0.25) is 10.0 Å². The number of piperidine rings is 1. The molecule has 0 bridgehead atoms. The van der Waals surface area contributed by atoms with Gasteiger partial charge in [-0.1, -0.05) is 25.3 Å². The molecule has 1 aromatic carbocycles. The lowest BCUT2D eigenvalue weighted by atomic mass is 9.89. The summed E-state index contributed by atoms with van der Waals surface area (Å²) in [5.41, 5.74) is 0.802. The standard InChI is InChI=1S/C22H30N4O5S2/c1-15(21(27)23-14-16-8-3-2-4-9-16)31-22(28)18-11-5-6-13-26(18)33(29,30)19-12-7-10-17-20(19)25-32-24-17/h7,10,12,15-16,18H,2-6,8-9,11,13-14H2,1H3,(H,23,27)/t15-,18+/m0/s1. The molecule has 1 N–H and O–H groups in total. The zero-order valence-electron chi connectivity index (χ0n) is 18.7. The van der Waals surface area contributed by atoms with Gasteiger partial charge in [0.25, 0.3) is 5.91 Å². The average Bonchev–Trinajstić information content (AvgIpc) is 3.32. The predicted octanol–water partition coefficient (Wildman–Crippen LogP) is 2.86. The molecule has 2 heterocycles. The van der Waals surface area contributed by atoms with Gasteiger partial charge in [-0.25, -0.2) is 8.42 Å². The van der Waals surface area contributed by atoms with Gasteiger partial charge >= 0.3 is 5.97 Å². The third kappa shape index (κ3) is 5.36. The molecule has 1 saturated heterocycles. The quantitative estimate of drug-likeness (QED) is 0.588. The number of esters is 1. The van der Waals surface area contributed by atoms with Crippen molar-refractivity contribution in [3.05, 3.63) is 18.2 Å². The Hall–Kier alpha value is -2.11. The molecular weight excluding hydrogens is 464 g/mol. The number of benzene rings is 1. The number of fused-ring (bicyclic) bond motifs is 1. The zero-order chi connectivity index (χ0) is 23.4. The van der Waals surface area contributed by atoms with E-state index in [0.717, 1.165) is 24.6 Å². The number of sulfonamides is 1. The molecule has 11 heteroatoms. The van der Waals surface area contributed by atoms with Crippen LogP contribution in [0, 0.1) is 5.92 Å². The largest absolute Gasteiger partial charge is 0.451 e. The summed E-state index contributed by atoms with van der Waals surface area (Å²) in [7, 11) is -4.00. The summed E-state index contributed by atoms with van der Waals surface area (Å²) in [6.07, 6.45) is 6.52. The molecule has 1 saturated carbocycles. The van der Waals surface area contributed by atoms with E-state index in [2.05, 4.69) is 14.1 Å². The number of nitrogens with zero attached hydrogens (tertiary/aromatic N) is 3. The molecule has 2 aromatic rings. The van der Waals surface area contributed by atoms with Gasteiger partial charge in [-0.3, -0.25) is 9.59 Å². The number of hydrogen-bond acceptors (Lipinski definition) is 8. The molecule has 0 radical (unpaired) electrons. The molecule has 1 amide bonds. The van der Waals surface area contributed by atoms with Crippen molar-refractivity contribution in [2.45, 2.75) is 75.3 Å². The first-order chi connectivity index (χ1) is 15.9. The number of carbonyl (C=O) groups is 2. The lowest BCUT2D eigenvalue weighted by Crippen LogP contribution is -2.50. The van der Waals surface area contributed by atoms with Crippen molar-refractivity contribution < 1.29 is 22.7 Å². The van der Waals surface area contributed by atoms with Gasteiger partial charge < -0.3 is 10.1 Å². The second-order valence-electron chi connectivity index (χ2n) is 8.84.